The maximum Gasteiger partial charge on any atom is 0.271 e. The van der Waals surface area contributed by atoms with Crippen molar-refractivity contribution in [3.05, 3.63) is 34.5 Å². The molecule has 1 fully saturated rings. The first-order chi connectivity index (χ1) is 11.0. The van der Waals surface area contributed by atoms with E-state index in [1.165, 1.54) is 24.4 Å². The van der Waals surface area contributed by atoms with Gasteiger partial charge < -0.3 is 5.32 Å². The molecule has 0 spiro atoms. The van der Waals surface area contributed by atoms with Crippen LogP contribution in [-0.4, -0.2) is 41.6 Å². The molecule has 2 aromatic rings. The normalized spacial score (nSPS) is 18.1. The second-order valence-electron chi connectivity index (χ2n) is 5.57. The standard InChI is InChI=1S/C14H16N4O4S.ClH/c19-18(20)11-4-5-12-13(7-11)16-8-14(17-12)23(21,22)9-10-3-1-2-6-15-10;/h4-5,7-8,10,15H,1-3,6,9H2;1H. The average molecular weight is 373 g/mol. The van der Waals surface area contributed by atoms with E-state index in [-0.39, 0.29) is 34.9 Å². The summed E-state index contributed by atoms with van der Waals surface area (Å²) in [4.78, 5) is 18.3. The Morgan fingerprint density at radius 1 is 1.29 bits per heavy atom. The Labute approximate surface area is 145 Å². The van der Waals surface area contributed by atoms with Crippen LogP contribution in [0.4, 0.5) is 5.69 Å². The third kappa shape index (κ3) is 3.97. The summed E-state index contributed by atoms with van der Waals surface area (Å²) in [6.45, 7) is 0.827. The van der Waals surface area contributed by atoms with Crippen LogP contribution in [0, 0.1) is 10.1 Å². The number of piperidine rings is 1. The molecule has 1 aliphatic rings. The van der Waals surface area contributed by atoms with Crippen LogP contribution in [0.15, 0.2) is 29.4 Å². The van der Waals surface area contributed by atoms with Gasteiger partial charge in [0.1, 0.15) is 0 Å². The zero-order valence-corrected chi connectivity index (χ0v) is 14.3. The minimum atomic E-state index is -3.55. The summed E-state index contributed by atoms with van der Waals surface area (Å²) in [6.07, 6.45) is 4.07. The van der Waals surface area contributed by atoms with E-state index < -0.39 is 14.8 Å². The van der Waals surface area contributed by atoms with Crippen molar-refractivity contribution < 1.29 is 13.3 Å². The first-order valence-corrected chi connectivity index (χ1v) is 8.98. The van der Waals surface area contributed by atoms with Crippen LogP contribution in [0.3, 0.4) is 0 Å². The molecule has 0 bridgehead atoms. The summed E-state index contributed by atoms with van der Waals surface area (Å²) in [5.41, 5.74) is 0.524. The minimum Gasteiger partial charge on any atom is -0.313 e. The van der Waals surface area contributed by atoms with Crippen molar-refractivity contribution in [1.29, 1.82) is 0 Å². The SMILES string of the molecule is Cl.O=[N+]([O-])c1ccc2nc(S(=O)(=O)CC3CCCCN3)cnc2c1. The van der Waals surface area contributed by atoms with Gasteiger partial charge in [0.25, 0.3) is 5.69 Å². The Bertz CT molecular complexity index is 853. The van der Waals surface area contributed by atoms with Gasteiger partial charge in [0.05, 0.1) is 27.9 Å². The van der Waals surface area contributed by atoms with E-state index in [4.69, 9.17) is 0 Å². The highest BCUT2D eigenvalue weighted by Gasteiger charge is 2.24. The number of fused-ring (bicyclic) bond motifs is 1. The Morgan fingerprint density at radius 2 is 2.08 bits per heavy atom. The van der Waals surface area contributed by atoms with E-state index in [0.29, 0.717) is 11.0 Å². The zero-order valence-electron chi connectivity index (χ0n) is 12.7. The van der Waals surface area contributed by atoms with Crippen molar-refractivity contribution in [2.45, 2.75) is 30.3 Å². The van der Waals surface area contributed by atoms with Gasteiger partial charge in [-0.1, -0.05) is 6.42 Å². The molecule has 0 radical (unpaired) electrons. The van der Waals surface area contributed by atoms with Crippen molar-refractivity contribution in [3.8, 4) is 0 Å². The van der Waals surface area contributed by atoms with Crippen molar-refractivity contribution in [1.82, 2.24) is 15.3 Å². The van der Waals surface area contributed by atoms with E-state index in [1.54, 1.807) is 0 Å². The molecule has 1 aromatic heterocycles. The first-order valence-electron chi connectivity index (χ1n) is 7.33. The van der Waals surface area contributed by atoms with Gasteiger partial charge in [-0.05, 0) is 25.5 Å². The number of sulfone groups is 1. The smallest absolute Gasteiger partial charge is 0.271 e. The molecule has 130 valence electrons. The largest absolute Gasteiger partial charge is 0.313 e. The van der Waals surface area contributed by atoms with Gasteiger partial charge in [-0.25, -0.2) is 13.4 Å². The summed E-state index contributed by atoms with van der Waals surface area (Å²) in [5, 5.41) is 13.9. The predicted molar refractivity (Wildman–Crippen MR) is 91.1 cm³/mol. The zero-order chi connectivity index (χ0) is 16.4. The molecular formula is C14H17ClN4O4S. The minimum absolute atomic E-state index is 0. The lowest BCUT2D eigenvalue weighted by atomic mass is 10.1. The number of nitro groups is 1. The third-order valence-electron chi connectivity index (χ3n) is 3.87. The molecule has 2 heterocycles. The average Bonchev–Trinajstić information content (AvgIpc) is 2.54. The molecule has 1 N–H and O–H groups in total. The Morgan fingerprint density at radius 3 is 2.75 bits per heavy atom. The molecule has 1 unspecified atom stereocenters. The molecule has 0 amide bonds. The predicted octanol–water partition coefficient (Wildman–Crippen LogP) is 1.88. The number of halogens is 1. The third-order valence-corrected chi connectivity index (χ3v) is 5.54. The Hall–Kier alpha value is -1.84. The summed E-state index contributed by atoms with van der Waals surface area (Å²) < 4.78 is 24.9. The van der Waals surface area contributed by atoms with E-state index >= 15 is 0 Å². The van der Waals surface area contributed by atoms with Crippen LogP contribution >= 0.6 is 12.4 Å². The molecule has 8 nitrogen and oxygen atoms in total. The second-order valence-corrected chi connectivity index (χ2v) is 7.55. The molecule has 24 heavy (non-hydrogen) atoms. The maximum absolute atomic E-state index is 12.5. The lowest BCUT2D eigenvalue weighted by Gasteiger charge is -2.22. The fourth-order valence-corrected chi connectivity index (χ4v) is 4.10. The maximum atomic E-state index is 12.5. The van der Waals surface area contributed by atoms with Gasteiger partial charge in [0.15, 0.2) is 14.9 Å². The number of hydrogen-bond donors (Lipinski definition) is 1. The van der Waals surface area contributed by atoms with Gasteiger partial charge in [-0.2, -0.15) is 0 Å². The first kappa shape index (κ1) is 18.5. The molecule has 0 saturated carbocycles. The van der Waals surface area contributed by atoms with Crippen LogP contribution in [0.5, 0.6) is 0 Å². The van der Waals surface area contributed by atoms with Crippen molar-refractivity contribution >= 4 is 39.0 Å². The Balaban J connectivity index is 0.00000208. The molecule has 3 rings (SSSR count). The molecule has 10 heteroatoms. The van der Waals surface area contributed by atoms with Crippen LogP contribution in [0.1, 0.15) is 19.3 Å². The van der Waals surface area contributed by atoms with E-state index in [2.05, 4.69) is 15.3 Å². The number of benzene rings is 1. The van der Waals surface area contributed by atoms with Gasteiger partial charge in [0, 0.05) is 18.2 Å². The van der Waals surface area contributed by atoms with Crippen molar-refractivity contribution in [3.63, 3.8) is 0 Å². The van der Waals surface area contributed by atoms with E-state index in [0.717, 1.165) is 25.8 Å². The highest BCUT2D eigenvalue weighted by atomic mass is 35.5. The quantitative estimate of drug-likeness (QED) is 0.643. The monoisotopic (exact) mass is 372 g/mol. The van der Waals surface area contributed by atoms with Crippen LogP contribution in [0.2, 0.25) is 0 Å². The lowest BCUT2D eigenvalue weighted by molar-refractivity contribution is -0.384. The molecule has 0 aliphatic carbocycles. The topological polar surface area (TPSA) is 115 Å². The molecule has 1 aliphatic heterocycles. The van der Waals surface area contributed by atoms with E-state index in [9.17, 15) is 18.5 Å². The fraction of sp³-hybridized carbons (Fsp3) is 0.429. The molecule has 1 saturated heterocycles. The summed E-state index contributed by atoms with van der Waals surface area (Å²) in [5.74, 6) is -0.0137. The fourth-order valence-electron chi connectivity index (χ4n) is 2.66. The summed E-state index contributed by atoms with van der Waals surface area (Å²) in [6, 6.07) is 3.92. The van der Waals surface area contributed by atoms with Gasteiger partial charge in [-0.15, -0.1) is 12.4 Å². The van der Waals surface area contributed by atoms with Gasteiger partial charge in [0.2, 0.25) is 0 Å². The number of nitrogens with zero attached hydrogens (tertiary/aromatic N) is 3. The summed E-state index contributed by atoms with van der Waals surface area (Å²) in [7, 11) is -3.55. The number of nitro benzene ring substituents is 1. The van der Waals surface area contributed by atoms with Crippen LogP contribution in [0.25, 0.3) is 11.0 Å². The number of rotatable bonds is 4. The number of nitrogens with one attached hydrogen (secondary N) is 1. The van der Waals surface area contributed by atoms with Gasteiger partial charge in [-0.3, -0.25) is 15.1 Å². The molecule has 1 atom stereocenters. The van der Waals surface area contributed by atoms with Crippen LogP contribution < -0.4 is 5.32 Å². The molecule has 1 aromatic carbocycles. The second kappa shape index (κ2) is 7.37. The van der Waals surface area contributed by atoms with Gasteiger partial charge >= 0.3 is 0 Å². The lowest BCUT2D eigenvalue weighted by Crippen LogP contribution is -2.39. The van der Waals surface area contributed by atoms with E-state index in [1.807, 2.05) is 0 Å². The number of non-ortho nitro benzene ring substituents is 1. The summed E-state index contributed by atoms with van der Waals surface area (Å²) >= 11 is 0. The van der Waals surface area contributed by atoms with Crippen LogP contribution in [-0.2, 0) is 9.84 Å². The molecular weight excluding hydrogens is 356 g/mol. The van der Waals surface area contributed by atoms with Crippen molar-refractivity contribution in [2.24, 2.45) is 0 Å². The highest BCUT2D eigenvalue weighted by molar-refractivity contribution is 7.91. The number of hydrogen-bond acceptors (Lipinski definition) is 7. The number of aromatic nitrogens is 2. The Kier molecular flexibility index (Phi) is 5.68. The van der Waals surface area contributed by atoms with Crippen molar-refractivity contribution in [2.75, 3.05) is 12.3 Å². The highest BCUT2D eigenvalue weighted by Crippen LogP contribution is 2.20.